The normalized spacial score (nSPS) is 18.8. The number of esters is 2. The first-order valence-electron chi connectivity index (χ1n) is 10.5. The summed E-state index contributed by atoms with van der Waals surface area (Å²) in [6.07, 6.45) is -4.89. The molecule has 0 aromatic heterocycles. The maximum atomic E-state index is 13.3. The maximum absolute atomic E-state index is 13.3. The van der Waals surface area contributed by atoms with Crippen molar-refractivity contribution in [2.24, 2.45) is 0 Å². The van der Waals surface area contributed by atoms with Gasteiger partial charge in [-0.25, -0.2) is 18.0 Å². The fourth-order valence-electron chi connectivity index (χ4n) is 3.66. The van der Waals surface area contributed by atoms with Crippen LogP contribution in [0.3, 0.4) is 0 Å². The zero-order chi connectivity index (χ0) is 28.7. The van der Waals surface area contributed by atoms with Crippen LogP contribution in [-0.2, 0) is 30.3 Å². The fourth-order valence-corrected chi connectivity index (χ4v) is 4.59. The van der Waals surface area contributed by atoms with Gasteiger partial charge in [-0.3, -0.25) is 0 Å². The number of alkyl halides is 6. The quantitative estimate of drug-likeness (QED) is 0.392. The first kappa shape index (κ1) is 29.2. The average Bonchev–Trinajstić information content (AvgIpc) is 3.18. The molecular weight excluding hydrogens is 552 g/mol. The molecule has 9 nitrogen and oxygen atoms in total. The van der Waals surface area contributed by atoms with Gasteiger partial charge in [0.05, 0.1) is 23.1 Å². The fraction of sp³-hybridized carbons (Fsp3) is 0.364. The van der Waals surface area contributed by atoms with E-state index in [0.29, 0.717) is 23.3 Å². The maximum Gasteiger partial charge on any atom is 0.501 e. The Morgan fingerprint density at radius 3 is 2.21 bits per heavy atom. The summed E-state index contributed by atoms with van der Waals surface area (Å²) in [7, 11) is -5.24. The number of carbonyl (C=O) groups is 2. The second-order valence-corrected chi connectivity index (χ2v) is 9.99. The van der Waals surface area contributed by atoms with E-state index in [4.69, 9.17) is 9.47 Å². The van der Waals surface area contributed by atoms with Gasteiger partial charge in [-0.1, -0.05) is 0 Å². The third-order valence-corrected chi connectivity index (χ3v) is 7.11. The SMILES string of the molecule is COC(=O)C1(OC(=O)c2cc(Oc3ccc(C(F)(F)F)cc3C)ccc2S(=O)(=O)C(F)(F)F)CCCN1O. The molecule has 1 N–H and O–H groups in total. The van der Waals surface area contributed by atoms with Crippen molar-refractivity contribution < 1.29 is 63.8 Å². The van der Waals surface area contributed by atoms with Crippen LogP contribution in [0.15, 0.2) is 41.3 Å². The molecule has 38 heavy (non-hydrogen) atoms. The van der Waals surface area contributed by atoms with E-state index in [2.05, 4.69) is 4.74 Å². The molecule has 0 spiro atoms. The van der Waals surface area contributed by atoms with Crippen LogP contribution in [0.2, 0.25) is 0 Å². The lowest BCUT2D eigenvalue weighted by molar-refractivity contribution is -0.244. The Bertz CT molecular complexity index is 1360. The number of carbonyl (C=O) groups excluding carboxylic acids is 2. The van der Waals surface area contributed by atoms with Gasteiger partial charge in [-0.2, -0.15) is 26.3 Å². The van der Waals surface area contributed by atoms with Crippen molar-refractivity contribution in [2.75, 3.05) is 13.7 Å². The minimum Gasteiger partial charge on any atom is -0.465 e. The van der Waals surface area contributed by atoms with Gasteiger partial charge in [0.15, 0.2) is 0 Å². The van der Waals surface area contributed by atoms with Gasteiger partial charge in [0.2, 0.25) is 0 Å². The molecule has 0 saturated carbocycles. The summed E-state index contributed by atoms with van der Waals surface area (Å²) in [5, 5.41) is 10.4. The zero-order valence-electron chi connectivity index (χ0n) is 19.5. The topological polar surface area (TPSA) is 119 Å². The van der Waals surface area contributed by atoms with Gasteiger partial charge in [-0.15, -0.1) is 5.06 Å². The largest absolute Gasteiger partial charge is 0.501 e. The van der Waals surface area contributed by atoms with Gasteiger partial charge in [0, 0.05) is 13.0 Å². The molecule has 3 rings (SSSR count). The summed E-state index contributed by atoms with van der Waals surface area (Å²) < 4.78 is 118. The van der Waals surface area contributed by atoms with E-state index < -0.39 is 61.0 Å². The van der Waals surface area contributed by atoms with Crippen molar-refractivity contribution in [3.05, 3.63) is 53.1 Å². The minimum absolute atomic E-state index is 0.0394. The number of halogens is 6. The summed E-state index contributed by atoms with van der Waals surface area (Å²) in [6, 6.07) is 4.03. The van der Waals surface area contributed by atoms with Crippen LogP contribution in [0.25, 0.3) is 0 Å². The Morgan fingerprint density at radius 2 is 1.71 bits per heavy atom. The van der Waals surface area contributed by atoms with Crippen molar-refractivity contribution in [1.82, 2.24) is 5.06 Å². The van der Waals surface area contributed by atoms with Crippen LogP contribution in [0.5, 0.6) is 11.5 Å². The Kier molecular flexibility index (Phi) is 7.74. The lowest BCUT2D eigenvalue weighted by Gasteiger charge is -2.31. The predicted octanol–water partition coefficient (Wildman–Crippen LogP) is 4.61. The van der Waals surface area contributed by atoms with Gasteiger partial charge in [-0.05, 0) is 55.3 Å². The number of benzene rings is 2. The Labute approximate surface area is 211 Å². The van der Waals surface area contributed by atoms with Gasteiger partial charge < -0.3 is 19.4 Å². The third-order valence-electron chi connectivity index (χ3n) is 5.56. The van der Waals surface area contributed by atoms with E-state index in [1.54, 1.807) is 0 Å². The monoisotopic (exact) mass is 571 g/mol. The number of hydroxylamine groups is 2. The van der Waals surface area contributed by atoms with E-state index in [1.165, 1.54) is 6.92 Å². The van der Waals surface area contributed by atoms with E-state index in [0.717, 1.165) is 25.3 Å². The molecule has 1 aliphatic rings. The molecule has 0 radical (unpaired) electrons. The van der Waals surface area contributed by atoms with Crippen LogP contribution >= 0.6 is 0 Å². The third kappa shape index (κ3) is 5.42. The van der Waals surface area contributed by atoms with E-state index in [1.807, 2.05) is 0 Å². The van der Waals surface area contributed by atoms with E-state index in [-0.39, 0.29) is 30.7 Å². The Hall–Kier alpha value is -3.37. The molecule has 1 unspecified atom stereocenters. The van der Waals surface area contributed by atoms with Crippen LogP contribution in [0, 0.1) is 6.92 Å². The van der Waals surface area contributed by atoms with Crippen LogP contribution in [-0.4, -0.2) is 55.5 Å². The number of hydrogen-bond donors (Lipinski definition) is 1. The molecule has 1 fully saturated rings. The van der Waals surface area contributed by atoms with Crippen molar-refractivity contribution >= 4 is 21.8 Å². The predicted molar refractivity (Wildman–Crippen MR) is 114 cm³/mol. The molecule has 2 aromatic rings. The molecule has 208 valence electrons. The summed E-state index contributed by atoms with van der Waals surface area (Å²) >= 11 is 0. The second-order valence-electron chi connectivity index (χ2n) is 8.08. The zero-order valence-corrected chi connectivity index (χ0v) is 20.3. The van der Waals surface area contributed by atoms with Crippen LogP contribution < -0.4 is 4.74 Å². The summed E-state index contributed by atoms with van der Waals surface area (Å²) in [4.78, 5) is 23.8. The highest BCUT2D eigenvalue weighted by Crippen LogP contribution is 2.38. The molecule has 2 aromatic carbocycles. The number of methoxy groups -OCH3 is 1. The van der Waals surface area contributed by atoms with Crippen molar-refractivity contribution in [2.45, 2.75) is 42.1 Å². The highest BCUT2D eigenvalue weighted by atomic mass is 32.2. The van der Waals surface area contributed by atoms with Gasteiger partial charge in [0.25, 0.3) is 15.6 Å². The molecule has 0 amide bonds. The highest BCUT2D eigenvalue weighted by Gasteiger charge is 2.54. The molecule has 1 saturated heterocycles. The number of nitrogens with zero attached hydrogens (tertiary/aromatic N) is 1. The highest BCUT2D eigenvalue weighted by molar-refractivity contribution is 7.92. The summed E-state index contributed by atoms with van der Waals surface area (Å²) in [6.45, 7) is 1.06. The average molecular weight is 571 g/mol. The number of ether oxygens (including phenoxy) is 3. The smallest absolute Gasteiger partial charge is 0.465 e. The summed E-state index contributed by atoms with van der Waals surface area (Å²) in [5.74, 6) is -3.67. The molecular formula is C22H19F6NO8S. The van der Waals surface area contributed by atoms with Crippen LogP contribution in [0.4, 0.5) is 26.3 Å². The molecule has 0 bridgehead atoms. The summed E-state index contributed by atoms with van der Waals surface area (Å²) in [5.41, 5.74) is -10.6. The van der Waals surface area contributed by atoms with Crippen molar-refractivity contribution in [1.29, 1.82) is 0 Å². The molecule has 16 heteroatoms. The van der Waals surface area contributed by atoms with E-state index >= 15 is 0 Å². The van der Waals surface area contributed by atoms with E-state index in [9.17, 15) is 49.6 Å². The first-order valence-corrected chi connectivity index (χ1v) is 12.0. The van der Waals surface area contributed by atoms with Crippen molar-refractivity contribution in [3.8, 4) is 11.5 Å². The molecule has 1 atom stereocenters. The van der Waals surface area contributed by atoms with Crippen LogP contribution in [0.1, 0.15) is 34.3 Å². The van der Waals surface area contributed by atoms with Crippen molar-refractivity contribution in [3.63, 3.8) is 0 Å². The van der Waals surface area contributed by atoms with Gasteiger partial charge in [0.1, 0.15) is 11.5 Å². The molecule has 1 heterocycles. The number of aryl methyl sites for hydroxylation is 1. The standard InChI is InChI=1S/C22H19F6NO8S/c1-12-10-13(21(23,24)25)4-6-16(12)36-14-5-7-17(38(33,34)22(26,27)28)15(11-14)18(30)37-20(19(31)35-2)8-3-9-29(20)32/h4-7,10-11,32H,3,8-9H2,1-2H3. The van der Waals surface area contributed by atoms with Gasteiger partial charge >= 0.3 is 23.6 Å². The number of hydrogen-bond acceptors (Lipinski definition) is 9. The Morgan fingerprint density at radius 1 is 1.05 bits per heavy atom. The minimum atomic E-state index is -6.14. The lowest BCUT2D eigenvalue weighted by Crippen LogP contribution is -2.53. The number of rotatable bonds is 6. The first-order chi connectivity index (χ1) is 17.4. The molecule has 1 aliphatic heterocycles. The number of sulfone groups is 1. The second kappa shape index (κ2) is 10.1. The lowest BCUT2D eigenvalue weighted by atomic mass is 10.1. The Balaban J connectivity index is 2.09. The molecule has 0 aliphatic carbocycles.